The molecule has 2 aromatic carbocycles. The minimum Gasteiger partial charge on any atom is -0.313 e. The van der Waals surface area contributed by atoms with Crippen LogP contribution < -0.4 is 5.32 Å². The predicted molar refractivity (Wildman–Crippen MR) is 89.6 cm³/mol. The highest BCUT2D eigenvalue weighted by molar-refractivity contribution is 6.31. The molecule has 0 aliphatic rings. The van der Waals surface area contributed by atoms with Crippen LogP contribution in [0.15, 0.2) is 54.7 Å². The van der Waals surface area contributed by atoms with Crippen molar-refractivity contribution in [1.82, 2.24) is 10.3 Å². The van der Waals surface area contributed by atoms with E-state index in [9.17, 15) is 0 Å². The van der Waals surface area contributed by atoms with Crippen LogP contribution in [0.25, 0.3) is 22.0 Å². The molecule has 0 aliphatic heterocycles. The van der Waals surface area contributed by atoms with Crippen LogP contribution in [0.2, 0.25) is 5.02 Å². The van der Waals surface area contributed by atoms with E-state index < -0.39 is 0 Å². The average molecular weight is 297 g/mol. The topological polar surface area (TPSA) is 24.9 Å². The van der Waals surface area contributed by atoms with E-state index >= 15 is 0 Å². The fourth-order valence-corrected chi connectivity index (χ4v) is 2.70. The number of fused-ring (bicyclic) bond motifs is 1. The van der Waals surface area contributed by atoms with Crippen molar-refractivity contribution in [1.29, 1.82) is 0 Å². The van der Waals surface area contributed by atoms with Crippen LogP contribution in [-0.4, -0.2) is 11.5 Å². The molecular weight excluding hydrogens is 280 g/mol. The Morgan fingerprint density at radius 2 is 1.95 bits per heavy atom. The maximum absolute atomic E-state index is 6.41. The highest BCUT2D eigenvalue weighted by Gasteiger charge is 2.07. The molecule has 0 fully saturated rings. The lowest BCUT2D eigenvalue weighted by atomic mass is 10.0. The molecular formula is C18H17ClN2. The van der Waals surface area contributed by atoms with Crippen LogP contribution in [0.1, 0.15) is 12.5 Å². The number of rotatable bonds is 4. The quantitative estimate of drug-likeness (QED) is 0.757. The summed E-state index contributed by atoms with van der Waals surface area (Å²) in [6.45, 7) is 3.82. The Morgan fingerprint density at radius 1 is 1.10 bits per heavy atom. The van der Waals surface area contributed by atoms with E-state index in [2.05, 4.69) is 53.6 Å². The summed E-state index contributed by atoms with van der Waals surface area (Å²) in [5.41, 5.74) is 4.35. The molecule has 1 aromatic heterocycles. The van der Waals surface area contributed by atoms with Gasteiger partial charge in [0.1, 0.15) is 0 Å². The monoisotopic (exact) mass is 296 g/mol. The van der Waals surface area contributed by atoms with Crippen LogP contribution in [0.5, 0.6) is 0 Å². The molecule has 0 radical (unpaired) electrons. The summed E-state index contributed by atoms with van der Waals surface area (Å²) in [7, 11) is 0. The van der Waals surface area contributed by atoms with Crippen molar-refractivity contribution in [2.24, 2.45) is 0 Å². The van der Waals surface area contributed by atoms with E-state index in [1.165, 1.54) is 0 Å². The minimum atomic E-state index is 0.793. The molecule has 3 heteroatoms. The zero-order chi connectivity index (χ0) is 14.7. The standard InChI is InChI=1S/C18H17ClN2/c1-2-20-12-15-9-8-14(11-17(15)19)16-7-3-5-13-6-4-10-21-18(13)16/h3-11,20H,2,12H2,1H3. The maximum Gasteiger partial charge on any atom is 0.0780 e. The van der Waals surface area contributed by atoms with Gasteiger partial charge >= 0.3 is 0 Å². The van der Waals surface area contributed by atoms with Crippen molar-refractivity contribution in [2.75, 3.05) is 6.54 Å². The minimum absolute atomic E-state index is 0.793. The first-order valence-electron chi connectivity index (χ1n) is 7.13. The Kier molecular flexibility index (Phi) is 4.18. The number of pyridine rings is 1. The zero-order valence-corrected chi connectivity index (χ0v) is 12.7. The number of para-hydroxylation sites is 1. The molecule has 0 saturated carbocycles. The molecule has 2 nitrogen and oxygen atoms in total. The molecule has 0 bridgehead atoms. The molecule has 21 heavy (non-hydrogen) atoms. The van der Waals surface area contributed by atoms with Gasteiger partial charge < -0.3 is 5.32 Å². The molecule has 0 aliphatic carbocycles. The van der Waals surface area contributed by atoms with E-state index in [1.54, 1.807) is 0 Å². The first-order chi connectivity index (χ1) is 10.3. The van der Waals surface area contributed by atoms with Crippen molar-refractivity contribution >= 4 is 22.5 Å². The largest absolute Gasteiger partial charge is 0.313 e. The van der Waals surface area contributed by atoms with Gasteiger partial charge in [-0.05, 0) is 29.8 Å². The summed E-state index contributed by atoms with van der Waals surface area (Å²) in [5.74, 6) is 0. The Balaban J connectivity index is 2.05. The van der Waals surface area contributed by atoms with Gasteiger partial charge in [-0.3, -0.25) is 4.98 Å². The highest BCUT2D eigenvalue weighted by atomic mass is 35.5. The van der Waals surface area contributed by atoms with Gasteiger partial charge in [-0.2, -0.15) is 0 Å². The van der Waals surface area contributed by atoms with Crippen LogP contribution in [0.4, 0.5) is 0 Å². The number of halogens is 1. The fraction of sp³-hybridized carbons (Fsp3) is 0.167. The van der Waals surface area contributed by atoms with Crippen molar-refractivity contribution in [2.45, 2.75) is 13.5 Å². The molecule has 0 unspecified atom stereocenters. The first kappa shape index (κ1) is 14.1. The van der Waals surface area contributed by atoms with Crippen LogP contribution in [-0.2, 0) is 6.54 Å². The van der Waals surface area contributed by atoms with Gasteiger partial charge in [0.05, 0.1) is 5.52 Å². The van der Waals surface area contributed by atoms with E-state index in [0.29, 0.717) is 0 Å². The van der Waals surface area contributed by atoms with Gasteiger partial charge in [-0.1, -0.05) is 54.9 Å². The second kappa shape index (κ2) is 6.25. The van der Waals surface area contributed by atoms with E-state index in [0.717, 1.165) is 45.7 Å². The summed E-state index contributed by atoms with van der Waals surface area (Å²) < 4.78 is 0. The third kappa shape index (κ3) is 2.92. The first-order valence-corrected chi connectivity index (χ1v) is 7.50. The molecule has 1 N–H and O–H groups in total. The molecule has 3 aromatic rings. The van der Waals surface area contributed by atoms with E-state index in [-0.39, 0.29) is 0 Å². The number of hydrogen-bond acceptors (Lipinski definition) is 2. The third-order valence-corrected chi connectivity index (χ3v) is 3.91. The molecule has 106 valence electrons. The molecule has 0 spiro atoms. The summed E-state index contributed by atoms with van der Waals surface area (Å²) in [4.78, 5) is 4.50. The fourth-order valence-electron chi connectivity index (χ4n) is 2.46. The zero-order valence-electron chi connectivity index (χ0n) is 11.9. The second-order valence-electron chi connectivity index (χ2n) is 4.97. The summed E-state index contributed by atoms with van der Waals surface area (Å²) in [6.07, 6.45) is 1.83. The number of nitrogens with one attached hydrogen (secondary N) is 1. The average Bonchev–Trinajstić information content (AvgIpc) is 2.53. The van der Waals surface area contributed by atoms with Gasteiger partial charge in [0, 0.05) is 28.7 Å². The van der Waals surface area contributed by atoms with E-state index in [1.807, 2.05) is 18.3 Å². The Bertz CT molecular complexity index is 763. The van der Waals surface area contributed by atoms with Crippen molar-refractivity contribution in [3.05, 3.63) is 65.3 Å². The van der Waals surface area contributed by atoms with Crippen LogP contribution in [0, 0.1) is 0 Å². The van der Waals surface area contributed by atoms with Crippen molar-refractivity contribution in [3.8, 4) is 11.1 Å². The highest BCUT2D eigenvalue weighted by Crippen LogP contribution is 2.30. The Labute approximate surface area is 129 Å². The second-order valence-corrected chi connectivity index (χ2v) is 5.37. The lowest BCUT2D eigenvalue weighted by Gasteiger charge is -2.09. The van der Waals surface area contributed by atoms with Gasteiger partial charge in [-0.25, -0.2) is 0 Å². The van der Waals surface area contributed by atoms with Gasteiger partial charge in [-0.15, -0.1) is 0 Å². The summed E-state index contributed by atoms with van der Waals surface area (Å²) in [6, 6.07) is 16.5. The lowest BCUT2D eigenvalue weighted by molar-refractivity contribution is 0.727. The molecule has 1 heterocycles. The predicted octanol–water partition coefficient (Wildman–Crippen LogP) is 4.66. The number of nitrogens with zero attached hydrogens (tertiary/aromatic N) is 1. The summed E-state index contributed by atoms with van der Waals surface area (Å²) >= 11 is 6.41. The molecule has 0 saturated heterocycles. The maximum atomic E-state index is 6.41. The number of hydrogen-bond donors (Lipinski definition) is 1. The number of aromatic nitrogens is 1. The van der Waals surface area contributed by atoms with Crippen LogP contribution >= 0.6 is 11.6 Å². The molecule has 3 rings (SSSR count). The Morgan fingerprint density at radius 3 is 2.76 bits per heavy atom. The molecule has 0 atom stereocenters. The van der Waals surface area contributed by atoms with Gasteiger partial charge in [0.2, 0.25) is 0 Å². The molecule has 0 amide bonds. The van der Waals surface area contributed by atoms with Crippen molar-refractivity contribution < 1.29 is 0 Å². The van der Waals surface area contributed by atoms with Gasteiger partial charge in [0.25, 0.3) is 0 Å². The van der Waals surface area contributed by atoms with E-state index in [4.69, 9.17) is 11.6 Å². The third-order valence-electron chi connectivity index (χ3n) is 3.56. The van der Waals surface area contributed by atoms with Crippen LogP contribution in [0.3, 0.4) is 0 Å². The Hall–Kier alpha value is -1.90. The van der Waals surface area contributed by atoms with Gasteiger partial charge in [0.15, 0.2) is 0 Å². The SMILES string of the molecule is CCNCc1ccc(-c2cccc3cccnc23)cc1Cl. The normalized spacial score (nSPS) is 11.0. The lowest BCUT2D eigenvalue weighted by Crippen LogP contribution is -2.11. The summed E-state index contributed by atoms with van der Waals surface area (Å²) in [5, 5.41) is 5.23. The number of benzene rings is 2. The van der Waals surface area contributed by atoms with Crippen molar-refractivity contribution in [3.63, 3.8) is 0 Å². The smallest absolute Gasteiger partial charge is 0.0780 e.